The van der Waals surface area contributed by atoms with Crippen LogP contribution in [0.1, 0.15) is 51.5 Å². The summed E-state index contributed by atoms with van der Waals surface area (Å²) in [7, 11) is -4.06. The van der Waals surface area contributed by atoms with E-state index in [2.05, 4.69) is 19.2 Å². The van der Waals surface area contributed by atoms with Crippen LogP contribution in [0.2, 0.25) is 0 Å². The summed E-state index contributed by atoms with van der Waals surface area (Å²) in [5.41, 5.74) is -1.57. The summed E-state index contributed by atoms with van der Waals surface area (Å²) in [5, 5.41) is 3.52. The standard InChI is InChI=1S/C22H30F3N3O3S/c1-15(2)12-19-20(29)28(14-16-6-7-16)21(26-19)8-10-27(11-9-21)32(30,31)18-5-3-4-17(13-18)22(23,24)25/h3-5,13,15-16,19,26H,6-12,14H2,1-2H3. The molecule has 1 aliphatic carbocycles. The Labute approximate surface area is 187 Å². The Balaban J connectivity index is 1.52. The maximum absolute atomic E-state index is 13.1. The Hall–Kier alpha value is -1.65. The van der Waals surface area contributed by atoms with Crippen molar-refractivity contribution in [1.29, 1.82) is 0 Å². The van der Waals surface area contributed by atoms with Gasteiger partial charge in [-0.15, -0.1) is 0 Å². The van der Waals surface area contributed by atoms with Crippen LogP contribution < -0.4 is 5.32 Å². The summed E-state index contributed by atoms with van der Waals surface area (Å²) >= 11 is 0. The molecule has 10 heteroatoms. The van der Waals surface area contributed by atoms with E-state index in [-0.39, 0.29) is 29.9 Å². The molecule has 1 atom stereocenters. The van der Waals surface area contributed by atoms with Gasteiger partial charge in [-0.2, -0.15) is 17.5 Å². The highest BCUT2D eigenvalue weighted by Crippen LogP contribution is 2.40. The largest absolute Gasteiger partial charge is 0.416 e. The molecule has 0 aromatic heterocycles. The van der Waals surface area contributed by atoms with Crippen LogP contribution in [0.15, 0.2) is 29.2 Å². The summed E-state index contributed by atoms with van der Waals surface area (Å²) in [5.74, 6) is 0.929. The van der Waals surface area contributed by atoms with Crippen LogP contribution in [-0.2, 0) is 21.0 Å². The van der Waals surface area contributed by atoms with Crippen molar-refractivity contribution in [1.82, 2.24) is 14.5 Å². The molecule has 6 nitrogen and oxygen atoms in total. The normalized spacial score (nSPS) is 24.6. The quantitative estimate of drug-likeness (QED) is 0.687. The van der Waals surface area contributed by atoms with Crippen LogP contribution in [0.25, 0.3) is 0 Å². The van der Waals surface area contributed by atoms with Crippen molar-refractivity contribution in [3.63, 3.8) is 0 Å². The Morgan fingerprint density at radius 2 is 1.84 bits per heavy atom. The van der Waals surface area contributed by atoms with Gasteiger partial charge in [-0.05, 0) is 62.1 Å². The first kappa shape index (κ1) is 23.5. The van der Waals surface area contributed by atoms with Gasteiger partial charge in [0.15, 0.2) is 0 Å². The van der Waals surface area contributed by atoms with Gasteiger partial charge in [0.05, 0.1) is 22.2 Å². The van der Waals surface area contributed by atoms with Gasteiger partial charge in [0.1, 0.15) is 0 Å². The number of nitrogens with one attached hydrogen (secondary N) is 1. The third-order valence-corrected chi connectivity index (χ3v) is 8.61. The minimum atomic E-state index is -4.61. The van der Waals surface area contributed by atoms with Crippen molar-refractivity contribution in [3.05, 3.63) is 29.8 Å². The van der Waals surface area contributed by atoms with E-state index in [9.17, 15) is 26.4 Å². The molecule has 4 rings (SSSR count). The summed E-state index contributed by atoms with van der Waals surface area (Å²) in [6, 6.07) is 3.59. The van der Waals surface area contributed by atoms with Crippen molar-refractivity contribution in [2.45, 2.75) is 68.7 Å². The van der Waals surface area contributed by atoms with Crippen LogP contribution >= 0.6 is 0 Å². The summed E-state index contributed by atoms with van der Waals surface area (Å²) < 4.78 is 66.6. The summed E-state index contributed by atoms with van der Waals surface area (Å²) in [6.07, 6.45) is -0.861. The lowest BCUT2D eigenvalue weighted by Gasteiger charge is -2.44. The fourth-order valence-corrected chi connectivity index (χ4v) is 6.30. The van der Waals surface area contributed by atoms with E-state index in [1.807, 2.05) is 4.90 Å². The second kappa shape index (κ2) is 8.29. The van der Waals surface area contributed by atoms with E-state index in [0.29, 0.717) is 43.7 Å². The van der Waals surface area contributed by atoms with Gasteiger partial charge in [-0.25, -0.2) is 8.42 Å². The fraction of sp³-hybridized carbons (Fsp3) is 0.682. The topological polar surface area (TPSA) is 69.7 Å². The van der Waals surface area contributed by atoms with Gasteiger partial charge in [0, 0.05) is 19.6 Å². The molecule has 0 radical (unpaired) electrons. The van der Waals surface area contributed by atoms with Crippen molar-refractivity contribution in [2.75, 3.05) is 19.6 Å². The lowest BCUT2D eigenvalue weighted by Crippen LogP contribution is -2.59. The highest BCUT2D eigenvalue weighted by atomic mass is 32.2. The number of hydrogen-bond acceptors (Lipinski definition) is 4. The molecule has 2 saturated heterocycles. The number of alkyl halides is 3. The smallest absolute Gasteiger partial charge is 0.323 e. The number of hydrogen-bond donors (Lipinski definition) is 1. The minimum Gasteiger partial charge on any atom is -0.323 e. The van der Waals surface area contributed by atoms with Crippen LogP contribution in [0.5, 0.6) is 0 Å². The molecule has 1 saturated carbocycles. The molecule has 1 spiro atoms. The van der Waals surface area contributed by atoms with Gasteiger partial charge in [-0.1, -0.05) is 19.9 Å². The zero-order valence-electron chi connectivity index (χ0n) is 18.4. The van der Waals surface area contributed by atoms with Crippen molar-refractivity contribution in [3.8, 4) is 0 Å². The monoisotopic (exact) mass is 473 g/mol. The van der Waals surface area contributed by atoms with E-state index in [1.165, 1.54) is 10.4 Å². The first-order valence-electron chi connectivity index (χ1n) is 11.2. The third kappa shape index (κ3) is 4.54. The predicted octanol–water partition coefficient (Wildman–Crippen LogP) is 3.44. The molecule has 1 aromatic rings. The number of rotatable bonds is 6. The molecule has 3 fully saturated rings. The molecule has 1 unspecified atom stereocenters. The molecule has 3 aliphatic rings. The Morgan fingerprint density at radius 3 is 2.41 bits per heavy atom. The molecule has 2 heterocycles. The molecule has 2 aliphatic heterocycles. The van der Waals surface area contributed by atoms with Crippen molar-refractivity contribution >= 4 is 15.9 Å². The summed E-state index contributed by atoms with van der Waals surface area (Å²) in [6.45, 7) is 5.11. The average Bonchev–Trinajstić information content (AvgIpc) is 3.51. The molecule has 1 amide bonds. The van der Waals surface area contributed by atoms with Crippen molar-refractivity contribution in [2.24, 2.45) is 11.8 Å². The molecule has 1 aromatic carbocycles. The minimum absolute atomic E-state index is 0.0831. The molecular formula is C22H30F3N3O3S. The molecule has 32 heavy (non-hydrogen) atoms. The Bertz CT molecular complexity index is 968. The van der Waals surface area contributed by atoms with Crippen LogP contribution in [0, 0.1) is 11.8 Å². The van der Waals surface area contributed by atoms with E-state index < -0.39 is 27.4 Å². The van der Waals surface area contributed by atoms with E-state index in [4.69, 9.17) is 0 Å². The average molecular weight is 474 g/mol. The van der Waals surface area contributed by atoms with E-state index >= 15 is 0 Å². The number of piperidine rings is 1. The van der Waals surface area contributed by atoms with E-state index in [1.54, 1.807) is 0 Å². The Morgan fingerprint density at radius 1 is 1.19 bits per heavy atom. The third-order valence-electron chi connectivity index (χ3n) is 6.72. The number of sulfonamides is 1. The molecule has 0 bridgehead atoms. The zero-order chi connectivity index (χ0) is 23.3. The number of halogens is 3. The lowest BCUT2D eigenvalue weighted by molar-refractivity contribution is -0.137. The first-order valence-corrected chi connectivity index (χ1v) is 12.6. The van der Waals surface area contributed by atoms with Gasteiger partial charge < -0.3 is 4.90 Å². The van der Waals surface area contributed by atoms with Gasteiger partial charge in [0.25, 0.3) is 0 Å². The second-order valence-electron chi connectivity index (χ2n) is 9.68. The number of benzene rings is 1. The highest BCUT2D eigenvalue weighted by Gasteiger charge is 2.53. The lowest BCUT2D eigenvalue weighted by atomic mass is 9.96. The maximum atomic E-state index is 13.1. The highest BCUT2D eigenvalue weighted by molar-refractivity contribution is 7.89. The van der Waals surface area contributed by atoms with Gasteiger partial charge in [-0.3, -0.25) is 10.1 Å². The summed E-state index contributed by atoms with van der Waals surface area (Å²) in [4.78, 5) is 14.7. The van der Waals surface area contributed by atoms with Gasteiger partial charge >= 0.3 is 6.18 Å². The molecular weight excluding hydrogens is 443 g/mol. The first-order chi connectivity index (χ1) is 14.9. The zero-order valence-corrected chi connectivity index (χ0v) is 19.2. The molecule has 1 N–H and O–H groups in total. The van der Waals surface area contributed by atoms with Crippen molar-refractivity contribution < 1.29 is 26.4 Å². The Kier molecular flexibility index (Phi) is 6.09. The number of nitrogens with zero attached hydrogens (tertiary/aromatic N) is 2. The number of amides is 1. The molecule has 178 valence electrons. The fourth-order valence-electron chi connectivity index (χ4n) is 4.81. The van der Waals surface area contributed by atoms with Crippen LogP contribution in [0.3, 0.4) is 0 Å². The van der Waals surface area contributed by atoms with Gasteiger partial charge in [0.2, 0.25) is 15.9 Å². The SMILES string of the molecule is CC(C)CC1NC2(CCN(S(=O)(=O)c3cccc(C(F)(F)F)c3)CC2)N(CC2CC2)C1=O. The number of carbonyl (C=O) groups excluding carboxylic acids is 1. The van der Waals surface area contributed by atoms with E-state index in [0.717, 1.165) is 25.0 Å². The number of carbonyl (C=O) groups is 1. The predicted molar refractivity (Wildman–Crippen MR) is 113 cm³/mol. The van der Waals surface area contributed by atoms with Crippen LogP contribution in [-0.4, -0.2) is 54.9 Å². The second-order valence-corrected chi connectivity index (χ2v) is 11.6. The van der Waals surface area contributed by atoms with Crippen LogP contribution in [0.4, 0.5) is 13.2 Å². The maximum Gasteiger partial charge on any atom is 0.416 e.